The van der Waals surface area contributed by atoms with Crippen molar-refractivity contribution in [3.05, 3.63) is 17.8 Å². The number of anilines is 1. The van der Waals surface area contributed by atoms with Gasteiger partial charge in [0.15, 0.2) is 0 Å². The molecule has 3 N–H and O–H groups in total. The number of nitrogens with zero attached hydrogens (tertiary/aromatic N) is 1. The fourth-order valence-corrected chi connectivity index (χ4v) is 1.12. The Morgan fingerprint density at radius 3 is 2.85 bits per heavy atom. The van der Waals surface area contributed by atoms with E-state index in [1.165, 1.54) is 0 Å². The molecule has 72 valence electrons. The lowest BCUT2D eigenvalue weighted by molar-refractivity contribution is 0.387. The van der Waals surface area contributed by atoms with E-state index in [1.54, 1.807) is 13.3 Å². The highest BCUT2D eigenvalue weighted by Crippen LogP contribution is 2.23. The molecule has 1 atom stereocenters. The van der Waals surface area contributed by atoms with Crippen molar-refractivity contribution in [1.29, 1.82) is 0 Å². The Balaban J connectivity index is 3.07. The van der Waals surface area contributed by atoms with Gasteiger partial charge in [0.1, 0.15) is 0 Å². The Labute approximate surface area is 78.1 Å². The third-order valence-electron chi connectivity index (χ3n) is 1.99. The van der Waals surface area contributed by atoms with E-state index in [9.17, 15) is 0 Å². The van der Waals surface area contributed by atoms with Crippen molar-refractivity contribution in [2.75, 3.05) is 19.9 Å². The van der Waals surface area contributed by atoms with Crippen LogP contribution in [0.2, 0.25) is 0 Å². The van der Waals surface area contributed by atoms with Gasteiger partial charge < -0.3 is 15.8 Å². The summed E-state index contributed by atoms with van der Waals surface area (Å²) in [5.41, 5.74) is 7.26. The third-order valence-corrected chi connectivity index (χ3v) is 1.99. The summed E-state index contributed by atoms with van der Waals surface area (Å²) in [6.45, 7) is 2.03. The quantitative estimate of drug-likeness (QED) is 0.729. The van der Waals surface area contributed by atoms with Crippen LogP contribution >= 0.6 is 0 Å². The van der Waals surface area contributed by atoms with Gasteiger partial charge in [-0.1, -0.05) is 0 Å². The van der Waals surface area contributed by atoms with Crippen LogP contribution in [0.15, 0.2) is 12.3 Å². The first-order chi connectivity index (χ1) is 6.19. The van der Waals surface area contributed by atoms with Crippen molar-refractivity contribution in [2.45, 2.75) is 13.0 Å². The normalized spacial score (nSPS) is 12.5. The maximum atomic E-state index is 5.63. The van der Waals surface area contributed by atoms with Crippen LogP contribution in [0.1, 0.15) is 18.5 Å². The molecule has 0 saturated heterocycles. The van der Waals surface area contributed by atoms with Gasteiger partial charge >= 0.3 is 0 Å². The number of pyridine rings is 1. The molecule has 0 aliphatic rings. The fourth-order valence-electron chi connectivity index (χ4n) is 1.12. The van der Waals surface area contributed by atoms with Crippen LogP contribution in [0.4, 0.5) is 5.69 Å². The minimum atomic E-state index is 0.186. The number of nitrogens with two attached hydrogens (primary N) is 1. The summed E-state index contributed by atoms with van der Waals surface area (Å²) >= 11 is 0. The van der Waals surface area contributed by atoms with E-state index < -0.39 is 0 Å². The fraction of sp³-hybridized carbons (Fsp3) is 0.444. The maximum absolute atomic E-state index is 5.63. The molecule has 0 aliphatic heterocycles. The van der Waals surface area contributed by atoms with Crippen molar-refractivity contribution >= 4 is 5.69 Å². The minimum Gasteiger partial charge on any atom is -0.481 e. The number of methoxy groups -OCH3 is 1. The molecule has 1 rings (SSSR count). The third kappa shape index (κ3) is 2.09. The number of hydrogen-bond acceptors (Lipinski definition) is 4. The summed E-state index contributed by atoms with van der Waals surface area (Å²) in [6.07, 6.45) is 1.59. The predicted molar refractivity (Wildman–Crippen MR) is 52.7 cm³/mol. The molecule has 0 spiro atoms. The Bertz CT molecular complexity index is 288. The zero-order valence-electron chi connectivity index (χ0n) is 8.16. The number of aromatic nitrogens is 1. The summed E-state index contributed by atoms with van der Waals surface area (Å²) in [5.74, 6) is 0.621. The second-order valence-electron chi connectivity index (χ2n) is 2.88. The first-order valence-corrected chi connectivity index (χ1v) is 4.15. The lowest BCUT2D eigenvalue weighted by Gasteiger charge is -2.13. The summed E-state index contributed by atoms with van der Waals surface area (Å²) < 4.78 is 5.12. The predicted octanol–water partition coefficient (Wildman–Crippen LogP) is 0.953. The molecule has 13 heavy (non-hydrogen) atoms. The lowest BCUT2D eigenvalue weighted by atomic mass is 10.1. The van der Waals surface area contributed by atoms with Crippen LogP contribution in [0.5, 0.6) is 5.88 Å². The zero-order valence-corrected chi connectivity index (χ0v) is 8.16. The summed E-state index contributed by atoms with van der Waals surface area (Å²) in [7, 11) is 3.48. The molecule has 0 radical (unpaired) electrons. The van der Waals surface area contributed by atoms with Gasteiger partial charge in [0, 0.05) is 11.6 Å². The van der Waals surface area contributed by atoms with Crippen molar-refractivity contribution in [3.63, 3.8) is 0 Å². The minimum absolute atomic E-state index is 0.186. The summed E-state index contributed by atoms with van der Waals surface area (Å²) in [6, 6.07) is 2.05. The highest BCUT2D eigenvalue weighted by atomic mass is 16.5. The standard InChI is InChI=1S/C9H15N3O/c1-6(11-2)8-4-7(10)5-12-9(8)13-3/h4-6,11H,10H2,1-3H3/t6-/m0/s1. The first kappa shape index (κ1) is 9.80. The van der Waals surface area contributed by atoms with Gasteiger partial charge in [-0.3, -0.25) is 0 Å². The lowest BCUT2D eigenvalue weighted by Crippen LogP contribution is -2.14. The van der Waals surface area contributed by atoms with Crippen LogP contribution in [0, 0.1) is 0 Å². The smallest absolute Gasteiger partial charge is 0.217 e. The second kappa shape index (κ2) is 4.09. The molecule has 0 saturated carbocycles. The molecule has 1 heterocycles. The Morgan fingerprint density at radius 2 is 2.31 bits per heavy atom. The van der Waals surface area contributed by atoms with E-state index >= 15 is 0 Å². The van der Waals surface area contributed by atoms with Crippen LogP contribution in [0.25, 0.3) is 0 Å². The van der Waals surface area contributed by atoms with Crippen molar-refractivity contribution in [2.24, 2.45) is 0 Å². The molecule has 0 aromatic carbocycles. The number of ether oxygens (including phenoxy) is 1. The largest absolute Gasteiger partial charge is 0.481 e. The molecular weight excluding hydrogens is 166 g/mol. The highest BCUT2D eigenvalue weighted by molar-refractivity contribution is 5.43. The Kier molecular flexibility index (Phi) is 3.08. The molecule has 0 fully saturated rings. The van der Waals surface area contributed by atoms with Gasteiger partial charge in [-0.25, -0.2) is 4.98 Å². The van der Waals surface area contributed by atoms with Crippen molar-refractivity contribution in [3.8, 4) is 5.88 Å². The average Bonchev–Trinajstić information content (AvgIpc) is 2.16. The molecule has 0 aliphatic carbocycles. The van der Waals surface area contributed by atoms with E-state index in [1.807, 2.05) is 20.0 Å². The SMILES string of the molecule is CN[C@@H](C)c1cc(N)cnc1OC. The molecule has 4 heteroatoms. The number of hydrogen-bond donors (Lipinski definition) is 2. The molecule has 0 unspecified atom stereocenters. The molecular formula is C9H15N3O. The van der Waals surface area contributed by atoms with Crippen molar-refractivity contribution in [1.82, 2.24) is 10.3 Å². The van der Waals surface area contributed by atoms with E-state index in [4.69, 9.17) is 10.5 Å². The second-order valence-corrected chi connectivity index (χ2v) is 2.88. The van der Waals surface area contributed by atoms with E-state index in [0.717, 1.165) is 5.56 Å². The van der Waals surface area contributed by atoms with Crippen LogP contribution < -0.4 is 15.8 Å². The van der Waals surface area contributed by atoms with Gasteiger partial charge in [-0.2, -0.15) is 0 Å². The maximum Gasteiger partial charge on any atom is 0.217 e. The summed E-state index contributed by atoms with van der Waals surface area (Å²) in [4.78, 5) is 4.08. The van der Waals surface area contributed by atoms with E-state index in [2.05, 4.69) is 10.3 Å². The topological polar surface area (TPSA) is 60.2 Å². The average molecular weight is 181 g/mol. The van der Waals surface area contributed by atoms with Gasteiger partial charge in [-0.15, -0.1) is 0 Å². The number of rotatable bonds is 3. The highest BCUT2D eigenvalue weighted by Gasteiger charge is 2.10. The van der Waals surface area contributed by atoms with Crippen LogP contribution in [-0.2, 0) is 0 Å². The summed E-state index contributed by atoms with van der Waals surface area (Å²) in [5, 5.41) is 3.11. The number of nitrogens with one attached hydrogen (secondary N) is 1. The van der Waals surface area contributed by atoms with Gasteiger partial charge in [0.25, 0.3) is 0 Å². The van der Waals surface area contributed by atoms with Gasteiger partial charge in [-0.05, 0) is 20.0 Å². The van der Waals surface area contributed by atoms with Crippen LogP contribution in [0.3, 0.4) is 0 Å². The molecule has 4 nitrogen and oxygen atoms in total. The molecule has 0 bridgehead atoms. The van der Waals surface area contributed by atoms with Gasteiger partial charge in [0.2, 0.25) is 5.88 Å². The Morgan fingerprint density at radius 1 is 1.62 bits per heavy atom. The van der Waals surface area contributed by atoms with Gasteiger partial charge in [0.05, 0.1) is 19.0 Å². The molecule has 0 amide bonds. The van der Waals surface area contributed by atoms with E-state index in [0.29, 0.717) is 11.6 Å². The Hall–Kier alpha value is -1.29. The first-order valence-electron chi connectivity index (χ1n) is 4.15. The van der Waals surface area contributed by atoms with Crippen LogP contribution in [-0.4, -0.2) is 19.1 Å². The number of nitrogen functional groups attached to an aromatic ring is 1. The monoisotopic (exact) mass is 181 g/mol. The molecule has 1 aromatic heterocycles. The molecule has 1 aromatic rings. The zero-order chi connectivity index (χ0) is 9.84. The van der Waals surface area contributed by atoms with Crippen molar-refractivity contribution < 1.29 is 4.74 Å². The van der Waals surface area contributed by atoms with E-state index in [-0.39, 0.29) is 6.04 Å².